The van der Waals surface area contributed by atoms with Crippen molar-refractivity contribution in [2.45, 2.75) is 6.92 Å². The lowest BCUT2D eigenvalue weighted by molar-refractivity contribution is -0.153. The molecule has 8 heteroatoms. The van der Waals surface area contributed by atoms with Crippen LogP contribution in [0.25, 0.3) is 0 Å². The van der Waals surface area contributed by atoms with Crippen LogP contribution >= 0.6 is 12.2 Å². The van der Waals surface area contributed by atoms with E-state index < -0.39 is 23.6 Å². The molecule has 1 radical (unpaired) electrons. The van der Waals surface area contributed by atoms with Gasteiger partial charge in [0.15, 0.2) is 5.78 Å². The molecule has 0 saturated carbocycles. The van der Waals surface area contributed by atoms with E-state index in [1.54, 1.807) is 6.92 Å². The number of hydrogen-bond acceptors (Lipinski definition) is 5. The number of thiocarbonyl (C=S) groups is 1. The van der Waals surface area contributed by atoms with Gasteiger partial charge in [0.05, 0.1) is 6.54 Å². The summed E-state index contributed by atoms with van der Waals surface area (Å²) in [6.45, 7) is 2.23. The van der Waals surface area contributed by atoms with E-state index in [-0.39, 0.29) is 13.1 Å². The number of nitrogens with one attached hydrogen (secondary N) is 1. The van der Waals surface area contributed by atoms with Gasteiger partial charge < -0.3 is 10.2 Å². The van der Waals surface area contributed by atoms with Gasteiger partial charge in [-0.05, 0) is 6.92 Å². The third kappa shape index (κ3) is 3.10. The largest absolute Gasteiger partial charge is 0.333 e. The fourth-order valence-electron chi connectivity index (χ4n) is 1.46. The Morgan fingerprint density at radius 2 is 2.00 bits per heavy atom. The van der Waals surface area contributed by atoms with Crippen molar-refractivity contribution in [1.29, 1.82) is 0 Å². The standard InChI is InChI=1S/C10H12N3O4S/c1-2-12-3-4-13(9(16)8(12)15)10(17)11-5-7(14)6-18/h2-5H2,1H3,(H,11,17). The normalized spacial score (nSPS) is 15.6. The highest BCUT2D eigenvalue weighted by Crippen LogP contribution is 2.04. The van der Waals surface area contributed by atoms with Crippen LogP contribution in [0.4, 0.5) is 4.79 Å². The van der Waals surface area contributed by atoms with Crippen molar-refractivity contribution >= 4 is 41.2 Å². The smallest absolute Gasteiger partial charge is 0.324 e. The maximum absolute atomic E-state index is 11.6. The zero-order valence-electron chi connectivity index (χ0n) is 9.76. The number of likely N-dealkylation sites (N-methyl/N-ethyl adjacent to an activating group) is 1. The molecule has 1 aliphatic heterocycles. The molecule has 0 aromatic heterocycles. The Labute approximate surface area is 109 Å². The molecule has 97 valence electrons. The van der Waals surface area contributed by atoms with E-state index in [0.29, 0.717) is 13.1 Å². The third-order valence-electron chi connectivity index (χ3n) is 2.45. The fourth-order valence-corrected chi connectivity index (χ4v) is 1.53. The number of Topliss-reactive ketones (excluding diaryl/α,β-unsaturated/α-hetero) is 1. The maximum atomic E-state index is 11.6. The summed E-state index contributed by atoms with van der Waals surface area (Å²) in [5.41, 5.74) is 0. The molecule has 4 amide bonds. The number of carbonyl (C=O) groups excluding carboxylic acids is 4. The average Bonchev–Trinajstić information content (AvgIpc) is 2.38. The van der Waals surface area contributed by atoms with Crippen molar-refractivity contribution < 1.29 is 19.2 Å². The van der Waals surface area contributed by atoms with Crippen molar-refractivity contribution in [3.63, 3.8) is 0 Å². The van der Waals surface area contributed by atoms with Crippen molar-refractivity contribution in [3.05, 3.63) is 0 Å². The van der Waals surface area contributed by atoms with Crippen LogP contribution in [0.3, 0.4) is 0 Å². The summed E-state index contributed by atoms with van der Waals surface area (Å²) in [4.78, 5) is 47.7. The van der Waals surface area contributed by atoms with Gasteiger partial charge in [-0.1, -0.05) is 12.2 Å². The molecule has 0 spiro atoms. The Hall–Kier alpha value is -1.83. The summed E-state index contributed by atoms with van der Waals surface area (Å²) in [5, 5.41) is 4.11. The number of rotatable bonds is 4. The van der Waals surface area contributed by atoms with Gasteiger partial charge in [-0.25, -0.2) is 4.79 Å². The van der Waals surface area contributed by atoms with E-state index in [1.165, 1.54) is 4.90 Å². The van der Waals surface area contributed by atoms with Gasteiger partial charge >= 0.3 is 17.8 Å². The maximum Gasteiger partial charge on any atom is 0.324 e. The van der Waals surface area contributed by atoms with E-state index in [0.717, 1.165) is 4.90 Å². The van der Waals surface area contributed by atoms with Gasteiger partial charge in [0.2, 0.25) is 0 Å². The molecule has 0 atom stereocenters. The summed E-state index contributed by atoms with van der Waals surface area (Å²) < 4.78 is 0. The van der Waals surface area contributed by atoms with Crippen molar-refractivity contribution in [1.82, 2.24) is 15.1 Å². The Bertz CT molecular complexity index is 410. The second-order valence-corrected chi connectivity index (χ2v) is 3.73. The third-order valence-corrected chi connectivity index (χ3v) is 2.68. The highest BCUT2D eigenvalue weighted by atomic mass is 32.1. The minimum absolute atomic E-state index is 0.111. The van der Waals surface area contributed by atoms with Crippen molar-refractivity contribution in [3.8, 4) is 0 Å². The molecule has 0 aromatic rings. The summed E-state index contributed by atoms with van der Waals surface area (Å²) >= 11 is 4.26. The van der Waals surface area contributed by atoms with Crippen LogP contribution in [0.1, 0.15) is 6.92 Å². The molecule has 18 heavy (non-hydrogen) atoms. The quantitative estimate of drug-likeness (QED) is 0.514. The molecule has 1 heterocycles. The fraction of sp³-hybridized carbons (Fsp3) is 0.500. The van der Waals surface area contributed by atoms with E-state index in [9.17, 15) is 19.2 Å². The Kier molecular flexibility index (Phi) is 4.90. The Morgan fingerprint density at radius 1 is 1.33 bits per heavy atom. The predicted molar refractivity (Wildman–Crippen MR) is 65.0 cm³/mol. The van der Waals surface area contributed by atoms with Crippen LogP contribution in [0, 0.1) is 0 Å². The molecular formula is C10H12N3O4S. The highest BCUT2D eigenvalue weighted by Gasteiger charge is 2.35. The Balaban J connectivity index is 2.60. The lowest BCUT2D eigenvalue weighted by Crippen LogP contribution is -2.58. The van der Waals surface area contributed by atoms with E-state index in [4.69, 9.17) is 0 Å². The van der Waals surface area contributed by atoms with E-state index >= 15 is 0 Å². The number of hydrogen-bond donors (Lipinski definition) is 1. The van der Waals surface area contributed by atoms with Gasteiger partial charge in [-0.15, -0.1) is 0 Å². The summed E-state index contributed by atoms with van der Waals surface area (Å²) in [6.07, 6.45) is 0. The second kappa shape index (κ2) is 6.20. The lowest BCUT2D eigenvalue weighted by Gasteiger charge is -2.31. The molecule has 0 unspecified atom stereocenters. The predicted octanol–water partition coefficient (Wildman–Crippen LogP) is -1.17. The van der Waals surface area contributed by atoms with Crippen LogP contribution in [-0.2, 0) is 14.4 Å². The summed E-state index contributed by atoms with van der Waals surface area (Å²) in [6, 6.07) is -0.775. The van der Waals surface area contributed by atoms with Crippen molar-refractivity contribution in [2.75, 3.05) is 26.2 Å². The number of carbonyl (C=O) groups is 4. The van der Waals surface area contributed by atoms with E-state index in [1.807, 2.05) is 5.37 Å². The van der Waals surface area contributed by atoms with Gasteiger partial charge in [0.1, 0.15) is 5.37 Å². The van der Waals surface area contributed by atoms with Crippen molar-refractivity contribution in [2.24, 2.45) is 0 Å². The first-order chi connectivity index (χ1) is 8.51. The minimum Gasteiger partial charge on any atom is -0.333 e. The molecule has 7 nitrogen and oxygen atoms in total. The second-order valence-electron chi connectivity index (χ2n) is 3.53. The number of piperazine rings is 1. The molecule has 1 aliphatic rings. The molecule has 1 rings (SSSR count). The number of ketones is 1. The van der Waals surface area contributed by atoms with Gasteiger partial charge in [-0.2, -0.15) is 0 Å². The van der Waals surface area contributed by atoms with E-state index in [2.05, 4.69) is 17.5 Å². The molecule has 1 fully saturated rings. The molecule has 1 N–H and O–H groups in total. The molecular weight excluding hydrogens is 258 g/mol. The molecule has 0 aromatic carbocycles. The van der Waals surface area contributed by atoms with Crippen LogP contribution in [0.5, 0.6) is 0 Å². The topological polar surface area (TPSA) is 86.8 Å². The molecule has 0 bridgehead atoms. The van der Waals surface area contributed by atoms with Crippen LogP contribution in [-0.4, -0.2) is 65.0 Å². The number of nitrogens with zero attached hydrogens (tertiary/aromatic N) is 2. The first-order valence-corrected chi connectivity index (χ1v) is 5.71. The monoisotopic (exact) mass is 270 g/mol. The van der Waals surface area contributed by atoms with Crippen LogP contribution in [0.2, 0.25) is 0 Å². The zero-order chi connectivity index (χ0) is 13.7. The minimum atomic E-state index is -0.889. The highest BCUT2D eigenvalue weighted by molar-refractivity contribution is 7.80. The summed E-state index contributed by atoms with van der Waals surface area (Å²) in [5.74, 6) is -2.17. The number of imide groups is 1. The van der Waals surface area contributed by atoms with Crippen LogP contribution < -0.4 is 5.32 Å². The zero-order valence-corrected chi connectivity index (χ0v) is 10.6. The van der Waals surface area contributed by atoms with Gasteiger partial charge in [0.25, 0.3) is 0 Å². The lowest BCUT2D eigenvalue weighted by atomic mass is 10.3. The summed E-state index contributed by atoms with van der Waals surface area (Å²) in [7, 11) is 0. The number of amides is 4. The van der Waals surface area contributed by atoms with Gasteiger partial charge in [0, 0.05) is 19.6 Å². The Morgan fingerprint density at radius 3 is 2.56 bits per heavy atom. The number of urea groups is 1. The van der Waals surface area contributed by atoms with Crippen LogP contribution in [0.15, 0.2) is 0 Å². The average molecular weight is 270 g/mol. The molecule has 1 saturated heterocycles. The first kappa shape index (κ1) is 14.2. The first-order valence-electron chi connectivity index (χ1n) is 5.30. The van der Waals surface area contributed by atoms with Gasteiger partial charge in [-0.3, -0.25) is 19.3 Å². The SMILES string of the molecule is CCN1CCN(C(=O)NCC(=O)[C]=S)C(=O)C1=O. The molecule has 0 aliphatic carbocycles.